The fourth-order valence-electron chi connectivity index (χ4n) is 8.71. The zero-order chi connectivity index (χ0) is 61.6. The Bertz CT molecular complexity index is 2000. The molecular formula is C75H122NO8P. The van der Waals surface area contributed by atoms with E-state index in [-0.39, 0.29) is 32.6 Å². The molecule has 10 heteroatoms. The second-order valence-corrected chi connectivity index (χ2v) is 23.0. The monoisotopic (exact) mass is 1200 g/mol. The molecule has 3 N–H and O–H groups in total. The number of unbranched alkanes of at least 4 members (excludes halogenated alkanes) is 20. The van der Waals surface area contributed by atoms with E-state index in [2.05, 4.69) is 184 Å². The summed E-state index contributed by atoms with van der Waals surface area (Å²) in [5, 5.41) is 0. The van der Waals surface area contributed by atoms with Crippen molar-refractivity contribution in [3.8, 4) is 0 Å². The van der Waals surface area contributed by atoms with Gasteiger partial charge in [0.1, 0.15) is 6.61 Å². The molecule has 0 saturated carbocycles. The molecule has 0 aliphatic rings. The van der Waals surface area contributed by atoms with Gasteiger partial charge in [-0.25, -0.2) is 4.57 Å². The number of allylic oxidation sites excluding steroid dienone is 28. The summed E-state index contributed by atoms with van der Waals surface area (Å²) in [4.78, 5) is 35.3. The summed E-state index contributed by atoms with van der Waals surface area (Å²) in [7, 11) is -4.41. The molecule has 0 bridgehead atoms. The molecule has 0 aliphatic heterocycles. The van der Waals surface area contributed by atoms with Gasteiger partial charge in [-0.1, -0.05) is 287 Å². The molecule has 0 amide bonds. The van der Waals surface area contributed by atoms with Gasteiger partial charge in [-0.2, -0.15) is 0 Å². The van der Waals surface area contributed by atoms with E-state index < -0.39 is 32.5 Å². The molecule has 0 rings (SSSR count). The van der Waals surface area contributed by atoms with Crippen LogP contribution in [0.2, 0.25) is 0 Å². The Hall–Kier alpha value is -4.63. The van der Waals surface area contributed by atoms with Crippen molar-refractivity contribution in [3.05, 3.63) is 170 Å². The number of nitrogens with two attached hydrogens (primary N) is 1. The lowest BCUT2D eigenvalue weighted by Crippen LogP contribution is -2.29. The number of esters is 2. The van der Waals surface area contributed by atoms with Gasteiger partial charge in [-0.3, -0.25) is 18.6 Å². The van der Waals surface area contributed by atoms with Gasteiger partial charge in [-0.15, -0.1) is 0 Å². The fraction of sp³-hybridized carbons (Fsp3) is 0.600. The SMILES string of the molecule is CC/C=C\C/C=C\C/C=C\C/C=C\C/C=C\C/C=C\C/C=C\C/C=C\CCCCCCCCCCCCCCCCC(=O)OC(COC(=O)CCCCCCCC/C=C\C/C=C\C/C=C\C/C=C\C/C=C\C/C=C\CC)COP(=O)(O)OCCN. The number of carbonyl (C=O) groups is 2. The molecule has 0 aromatic carbocycles. The summed E-state index contributed by atoms with van der Waals surface area (Å²) in [6.07, 6.45) is 101. The minimum Gasteiger partial charge on any atom is -0.462 e. The zero-order valence-electron chi connectivity index (χ0n) is 53.8. The normalized spacial score (nSPS) is 14.1. The van der Waals surface area contributed by atoms with Crippen LogP contribution in [0.15, 0.2) is 170 Å². The molecule has 2 atom stereocenters. The van der Waals surface area contributed by atoms with Gasteiger partial charge in [-0.05, 0) is 128 Å². The van der Waals surface area contributed by atoms with Crippen LogP contribution in [0, 0.1) is 0 Å². The first-order chi connectivity index (χ1) is 41.8. The van der Waals surface area contributed by atoms with Gasteiger partial charge in [0.05, 0.1) is 13.2 Å². The molecule has 0 fully saturated rings. The lowest BCUT2D eigenvalue weighted by atomic mass is 10.0. The minimum absolute atomic E-state index is 0.0431. The van der Waals surface area contributed by atoms with Crippen LogP contribution in [0.5, 0.6) is 0 Å². The first-order valence-electron chi connectivity index (χ1n) is 33.6. The summed E-state index contributed by atoms with van der Waals surface area (Å²) in [5.74, 6) is -0.853. The van der Waals surface area contributed by atoms with E-state index in [1.54, 1.807) is 0 Å². The molecule has 480 valence electrons. The number of hydrogen-bond donors (Lipinski definition) is 2. The van der Waals surface area contributed by atoms with Gasteiger partial charge in [0, 0.05) is 19.4 Å². The van der Waals surface area contributed by atoms with Gasteiger partial charge >= 0.3 is 19.8 Å². The Kier molecular flexibility index (Phi) is 64.8. The molecule has 0 spiro atoms. The molecule has 0 heterocycles. The van der Waals surface area contributed by atoms with Crippen LogP contribution in [-0.4, -0.2) is 49.3 Å². The second-order valence-electron chi connectivity index (χ2n) is 21.6. The maximum atomic E-state index is 12.8. The van der Waals surface area contributed by atoms with E-state index in [0.29, 0.717) is 12.8 Å². The van der Waals surface area contributed by atoms with Gasteiger partial charge in [0.25, 0.3) is 0 Å². The quantitative estimate of drug-likeness (QED) is 0.0264. The summed E-state index contributed by atoms with van der Waals surface area (Å²) in [5.41, 5.74) is 5.40. The van der Waals surface area contributed by atoms with Crippen molar-refractivity contribution in [1.82, 2.24) is 0 Å². The highest BCUT2D eigenvalue weighted by atomic mass is 31.2. The number of carbonyl (C=O) groups excluding carboxylic acids is 2. The standard InChI is InChI=1S/C75H122NO8P/c1-3-5-7-9-11-13-15-17-19-21-23-25-27-29-30-31-32-33-34-35-36-37-38-39-40-41-42-44-46-48-50-52-54-56-58-60-62-64-66-68-75(78)84-73(72-83-85(79,80)82-70-69-76)71-81-74(77)67-65-63-61-59-57-55-53-51-49-47-45-43-28-26-24-22-20-18-16-14-12-10-8-6-4-2/h5-8,11-14,17-20,23-26,29-30,32-33,35-36,38-39,43,45,49,51,73H,3-4,9-10,15-16,21-22,27-28,31,34,37,40-42,44,46-48,50,52-72,76H2,1-2H3,(H,79,80)/b7-5-,8-6-,13-11-,14-12-,19-17-,20-18-,25-23-,26-24-,30-29-,33-32-,36-35-,39-38-,45-43-,51-49-. The highest BCUT2D eigenvalue weighted by Crippen LogP contribution is 2.43. The van der Waals surface area contributed by atoms with E-state index in [1.807, 2.05) is 0 Å². The molecule has 0 aromatic heterocycles. The topological polar surface area (TPSA) is 134 Å². The van der Waals surface area contributed by atoms with Gasteiger partial charge in [0.15, 0.2) is 6.10 Å². The Morgan fingerprint density at radius 2 is 0.612 bits per heavy atom. The number of rotatable bonds is 61. The van der Waals surface area contributed by atoms with Crippen LogP contribution in [0.3, 0.4) is 0 Å². The van der Waals surface area contributed by atoms with Crippen LogP contribution in [0.25, 0.3) is 0 Å². The van der Waals surface area contributed by atoms with Crippen molar-refractivity contribution in [3.63, 3.8) is 0 Å². The number of ether oxygens (including phenoxy) is 2. The predicted molar refractivity (Wildman–Crippen MR) is 366 cm³/mol. The fourth-order valence-corrected chi connectivity index (χ4v) is 9.48. The lowest BCUT2D eigenvalue weighted by molar-refractivity contribution is -0.161. The highest BCUT2D eigenvalue weighted by Gasteiger charge is 2.26. The average Bonchev–Trinajstić information content (AvgIpc) is 3.53. The maximum Gasteiger partial charge on any atom is 0.472 e. The Morgan fingerprint density at radius 1 is 0.353 bits per heavy atom. The number of hydrogen-bond acceptors (Lipinski definition) is 8. The maximum absolute atomic E-state index is 12.8. The second kappa shape index (κ2) is 68.5. The Labute approximate surface area is 521 Å². The molecule has 0 aliphatic carbocycles. The molecule has 0 aromatic rings. The first-order valence-corrected chi connectivity index (χ1v) is 35.1. The van der Waals surface area contributed by atoms with Crippen LogP contribution in [0.1, 0.15) is 258 Å². The third-order valence-corrected chi connectivity index (χ3v) is 14.6. The van der Waals surface area contributed by atoms with Crippen LogP contribution in [0.4, 0.5) is 0 Å². The third-order valence-electron chi connectivity index (χ3n) is 13.6. The van der Waals surface area contributed by atoms with Crippen LogP contribution < -0.4 is 5.73 Å². The third kappa shape index (κ3) is 68.4. The summed E-state index contributed by atoms with van der Waals surface area (Å²) in [6.45, 7) is 3.49. The van der Waals surface area contributed by atoms with Gasteiger partial charge < -0.3 is 20.1 Å². The number of phosphoric acid groups is 1. The van der Waals surface area contributed by atoms with Crippen molar-refractivity contribution in [2.75, 3.05) is 26.4 Å². The van der Waals surface area contributed by atoms with E-state index in [1.165, 1.54) is 70.6 Å². The summed E-state index contributed by atoms with van der Waals surface area (Å²) < 4.78 is 33.1. The van der Waals surface area contributed by atoms with Crippen molar-refractivity contribution in [2.24, 2.45) is 5.73 Å². The van der Waals surface area contributed by atoms with Crippen molar-refractivity contribution in [2.45, 2.75) is 264 Å². The Balaban J connectivity index is 3.96. The van der Waals surface area contributed by atoms with E-state index in [0.717, 1.165) is 148 Å². The highest BCUT2D eigenvalue weighted by molar-refractivity contribution is 7.47. The predicted octanol–water partition coefficient (Wildman–Crippen LogP) is 22.2. The average molecular weight is 1200 g/mol. The first kappa shape index (κ1) is 80.4. The summed E-state index contributed by atoms with van der Waals surface area (Å²) >= 11 is 0. The van der Waals surface area contributed by atoms with Crippen LogP contribution >= 0.6 is 7.82 Å². The van der Waals surface area contributed by atoms with Crippen molar-refractivity contribution >= 4 is 19.8 Å². The molecule has 9 nitrogen and oxygen atoms in total. The molecule has 0 radical (unpaired) electrons. The number of phosphoric ester groups is 1. The van der Waals surface area contributed by atoms with Crippen molar-refractivity contribution in [1.29, 1.82) is 0 Å². The molecule has 85 heavy (non-hydrogen) atoms. The molecule has 0 saturated heterocycles. The van der Waals surface area contributed by atoms with E-state index in [9.17, 15) is 19.0 Å². The molecule has 2 unspecified atom stereocenters. The lowest BCUT2D eigenvalue weighted by Gasteiger charge is -2.19. The minimum atomic E-state index is -4.41. The zero-order valence-corrected chi connectivity index (χ0v) is 54.7. The Morgan fingerprint density at radius 3 is 0.906 bits per heavy atom. The van der Waals surface area contributed by atoms with Crippen LogP contribution in [-0.2, 0) is 32.7 Å². The van der Waals surface area contributed by atoms with E-state index in [4.69, 9.17) is 24.3 Å². The smallest absolute Gasteiger partial charge is 0.462 e. The van der Waals surface area contributed by atoms with E-state index >= 15 is 0 Å². The van der Waals surface area contributed by atoms with Crippen molar-refractivity contribution < 1.29 is 37.6 Å². The molecular weight excluding hydrogens is 1070 g/mol. The largest absolute Gasteiger partial charge is 0.472 e. The van der Waals surface area contributed by atoms with Gasteiger partial charge in [0.2, 0.25) is 0 Å². The summed E-state index contributed by atoms with van der Waals surface area (Å²) in [6, 6.07) is 0.